The normalized spacial score (nSPS) is 36.3. The van der Waals surface area contributed by atoms with Crippen LogP contribution in [0.1, 0.15) is 54.7 Å². The first-order chi connectivity index (χ1) is 18.5. The van der Waals surface area contributed by atoms with Gasteiger partial charge in [-0.15, -0.1) is 0 Å². The van der Waals surface area contributed by atoms with E-state index in [1.54, 1.807) is 0 Å². The number of pyridine rings is 1. The van der Waals surface area contributed by atoms with Crippen LogP contribution in [0.3, 0.4) is 0 Å². The van der Waals surface area contributed by atoms with Gasteiger partial charge in [-0.25, -0.2) is 8.78 Å². The third kappa shape index (κ3) is 3.32. The second-order valence-corrected chi connectivity index (χ2v) is 6.09. The minimum atomic E-state index is -4.06. The molecule has 2 atom stereocenters. The standard InChI is InChI=1S/C20H19F2N3O5/c1-10-4-5-30-15-9-24-8-13(17(26)18(27)16(24)20(29)25(10)15)19(28)23-7-11-2-3-12(21)6-14(11)22/h2-3,6,8,10,15,27H,4-5,7,9H2,1H3,(H,23,28)/t10-,15+/m1/s1/i1D3,4D2,5D2,9D2,10D,15D. The Morgan fingerprint density at radius 1 is 1.47 bits per heavy atom. The number of rotatable bonds is 3. The third-order valence-electron chi connectivity index (χ3n) is 4.25. The van der Waals surface area contributed by atoms with Gasteiger partial charge in [0.1, 0.15) is 17.2 Å². The van der Waals surface area contributed by atoms with Gasteiger partial charge in [0.05, 0.1) is 21.3 Å². The number of aromatic nitrogens is 1. The molecular weight excluding hydrogens is 400 g/mol. The van der Waals surface area contributed by atoms with E-state index in [2.05, 4.69) is 5.32 Å². The van der Waals surface area contributed by atoms with Gasteiger partial charge in [-0.2, -0.15) is 0 Å². The van der Waals surface area contributed by atoms with Crippen LogP contribution in [0, 0.1) is 11.6 Å². The van der Waals surface area contributed by atoms with E-state index in [1.165, 1.54) is 0 Å². The summed E-state index contributed by atoms with van der Waals surface area (Å²) in [5, 5.41) is 12.7. The molecule has 158 valence electrons. The van der Waals surface area contributed by atoms with Crippen molar-refractivity contribution in [2.24, 2.45) is 0 Å². The average molecular weight is 430 g/mol. The van der Waals surface area contributed by atoms with Gasteiger partial charge >= 0.3 is 0 Å². The van der Waals surface area contributed by atoms with Gasteiger partial charge < -0.3 is 24.6 Å². The fourth-order valence-corrected chi connectivity index (χ4v) is 2.79. The van der Waals surface area contributed by atoms with Crippen molar-refractivity contribution in [1.82, 2.24) is 14.8 Å². The summed E-state index contributed by atoms with van der Waals surface area (Å²) in [4.78, 5) is 38.7. The lowest BCUT2D eigenvalue weighted by Crippen LogP contribution is -2.57. The summed E-state index contributed by atoms with van der Waals surface area (Å²) in [6.07, 6.45) is -7.48. The predicted molar refractivity (Wildman–Crippen MR) is 99.9 cm³/mol. The first-order valence-electron chi connectivity index (χ1n) is 13.7. The number of halogens is 2. The second-order valence-electron chi connectivity index (χ2n) is 6.09. The number of nitrogens with zero attached hydrogens (tertiary/aromatic N) is 2. The molecule has 4 rings (SSSR count). The summed E-state index contributed by atoms with van der Waals surface area (Å²) in [7, 11) is 0. The van der Waals surface area contributed by atoms with Gasteiger partial charge in [0.15, 0.2) is 17.6 Å². The van der Waals surface area contributed by atoms with Crippen LogP contribution in [0.2, 0.25) is 0 Å². The largest absolute Gasteiger partial charge is 0.503 e. The van der Waals surface area contributed by atoms with E-state index in [9.17, 15) is 28.3 Å². The third-order valence-corrected chi connectivity index (χ3v) is 4.25. The van der Waals surface area contributed by atoms with Gasteiger partial charge in [0.25, 0.3) is 11.8 Å². The van der Waals surface area contributed by atoms with Crippen molar-refractivity contribution in [3.05, 3.63) is 63.1 Å². The topological polar surface area (TPSA) is 101 Å². The molecule has 0 radical (unpaired) electrons. The van der Waals surface area contributed by atoms with Crippen LogP contribution in [0.25, 0.3) is 0 Å². The SMILES string of the molecule is [2H]C1([2H])O[C@]2([2H])N(C(=O)c3c(O)c(=O)c(C(=O)NCc4ccc(F)cc4F)cn3C2([2H])[2H])[C@]([2H])(C([2H])([2H])[2H])C1([2H])[2H]. The number of aromatic hydroxyl groups is 1. The summed E-state index contributed by atoms with van der Waals surface area (Å²) in [5.41, 5.74) is -4.34. The minimum absolute atomic E-state index is 0.0276. The summed E-state index contributed by atoms with van der Waals surface area (Å²) < 4.78 is 121. The van der Waals surface area contributed by atoms with Gasteiger partial charge in [-0.3, -0.25) is 14.4 Å². The summed E-state index contributed by atoms with van der Waals surface area (Å²) in [6.45, 7) is -12.2. The molecule has 10 heteroatoms. The summed E-state index contributed by atoms with van der Waals surface area (Å²) in [5.74, 6) is -7.00. The first kappa shape index (κ1) is 10.7. The van der Waals surface area contributed by atoms with Gasteiger partial charge in [0, 0.05) is 37.2 Å². The molecule has 2 N–H and O–H groups in total. The molecule has 0 bridgehead atoms. The van der Waals surface area contributed by atoms with Gasteiger partial charge in [-0.1, -0.05) is 6.07 Å². The molecule has 30 heavy (non-hydrogen) atoms. The van der Waals surface area contributed by atoms with Crippen molar-refractivity contribution in [2.75, 3.05) is 6.56 Å². The highest BCUT2D eigenvalue weighted by molar-refractivity contribution is 5.99. The Balaban J connectivity index is 1.91. The van der Waals surface area contributed by atoms with Crippen molar-refractivity contribution < 1.29 is 43.3 Å². The van der Waals surface area contributed by atoms with Crippen molar-refractivity contribution in [3.63, 3.8) is 0 Å². The molecule has 1 aromatic carbocycles. The maximum absolute atomic E-state index is 13.9. The van der Waals surface area contributed by atoms with Crippen molar-refractivity contribution in [2.45, 2.75) is 38.5 Å². The first-order valence-corrected chi connectivity index (χ1v) is 8.23. The maximum atomic E-state index is 13.9. The lowest BCUT2D eigenvalue weighted by Gasteiger charge is -2.44. The Bertz CT molecular complexity index is 1550. The van der Waals surface area contributed by atoms with E-state index in [1.807, 2.05) is 0 Å². The molecule has 0 saturated carbocycles. The molecule has 1 fully saturated rings. The molecular formula is C20H19F2N3O5. The monoisotopic (exact) mass is 430 g/mol. The number of hydrogen-bond acceptors (Lipinski definition) is 5. The lowest BCUT2D eigenvalue weighted by atomic mass is 10.1. The van der Waals surface area contributed by atoms with E-state index < -0.39 is 95.8 Å². The average Bonchev–Trinajstić information content (AvgIpc) is 2.81. The van der Waals surface area contributed by atoms with Crippen LogP contribution >= 0.6 is 0 Å². The molecule has 3 heterocycles. The highest BCUT2D eigenvalue weighted by Gasteiger charge is 2.41. The Morgan fingerprint density at radius 2 is 2.27 bits per heavy atom. The number of benzene rings is 1. The molecule has 2 amide bonds. The Morgan fingerprint density at radius 3 is 3.00 bits per heavy atom. The number of amides is 2. The molecule has 2 aliphatic rings. The number of ether oxygens (including phenoxy) is 1. The van der Waals surface area contributed by atoms with Crippen LogP contribution in [-0.4, -0.2) is 45.2 Å². The Labute approximate surface area is 185 Å². The molecule has 2 aromatic rings. The zero-order valence-electron chi connectivity index (χ0n) is 25.7. The van der Waals surface area contributed by atoms with Crippen LogP contribution in [0.4, 0.5) is 8.78 Å². The van der Waals surface area contributed by atoms with Crippen LogP contribution < -0.4 is 10.7 Å². The minimum Gasteiger partial charge on any atom is -0.503 e. The van der Waals surface area contributed by atoms with E-state index in [4.69, 9.17) is 19.8 Å². The zero-order valence-corrected chi connectivity index (χ0v) is 14.7. The van der Waals surface area contributed by atoms with E-state index in [0.717, 1.165) is 12.1 Å². The fraction of sp³-hybridized carbons (Fsp3) is 0.350. The number of carbonyl (C=O) groups is 2. The molecule has 0 aliphatic carbocycles. The smallest absolute Gasteiger partial charge is 0.276 e. The van der Waals surface area contributed by atoms with E-state index in [0.29, 0.717) is 12.3 Å². The predicted octanol–water partition coefficient (Wildman–Crippen LogP) is 1.35. The van der Waals surface area contributed by atoms with Gasteiger partial charge in [0.2, 0.25) is 5.43 Å². The molecule has 8 nitrogen and oxygen atoms in total. The lowest BCUT2D eigenvalue weighted by molar-refractivity contribution is -0.112. The van der Waals surface area contributed by atoms with Crippen molar-refractivity contribution in [3.8, 4) is 5.75 Å². The molecule has 1 aromatic heterocycles. The van der Waals surface area contributed by atoms with Crippen molar-refractivity contribution in [1.29, 1.82) is 0 Å². The molecule has 2 aliphatic heterocycles. The molecule has 0 unspecified atom stereocenters. The zero-order chi connectivity index (χ0) is 31.3. The van der Waals surface area contributed by atoms with Gasteiger partial charge in [-0.05, 0) is 19.3 Å². The van der Waals surface area contributed by atoms with Crippen LogP contribution in [0.15, 0.2) is 29.2 Å². The highest BCUT2D eigenvalue weighted by Crippen LogP contribution is 2.29. The molecule has 1 saturated heterocycles. The molecule has 0 spiro atoms. The quantitative estimate of drug-likeness (QED) is 0.766. The van der Waals surface area contributed by atoms with E-state index in [-0.39, 0.29) is 10.1 Å². The number of carbonyl (C=O) groups excluding carboxylic acids is 2. The second kappa shape index (κ2) is 7.52. The van der Waals surface area contributed by atoms with Crippen LogP contribution in [-0.2, 0) is 17.8 Å². The Kier molecular flexibility index (Phi) is 2.68. The number of hydrogen-bond donors (Lipinski definition) is 2. The van der Waals surface area contributed by atoms with Crippen molar-refractivity contribution >= 4 is 11.8 Å². The summed E-state index contributed by atoms with van der Waals surface area (Å²) >= 11 is 0. The number of nitrogens with one attached hydrogen (secondary N) is 1. The van der Waals surface area contributed by atoms with Crippen LogP contribution in [0.5, 0.6) is 5.75 Å². The highest BCUT2D eigenvalue weighted by atomic mass is 19.1. The number of fused-ring (bicyclic) bond motifs is 2. The maximum Gasteiger partial charge on any atom is 0.276 e. The fourth-order valence-electron chi connectivity index (χ4n) is 2.79. The Hall–Kier alpha value is -3.27. The van der Waals surface area contributed by atoms with E-state index >= 15 is 0 Å². The summed E-state index contributed by atoms with van der Waals surface area (Å²) in [6, 6.07) is -1.70.